The van der Waals surface area contributed by atoms with Crippen LogP contribution in [0.4, 0.5) is 10.8 Å². The third-order valence-corrected chi connectivity index (χ3v) is 4.72. The molecule has 0 saturated heterocycles. The fraction of sp³-hybridized carbons (Fsp3) is 0.389. The molecule has 4 nitrogen and oxygen atoms in total. The molecule has 2 rings (SSSR count). The summed E-state index contributed by atoms with van der Waals surface area (Å²) < 4.78 is 0. The molecule has 0 radical (unpaired) electrons. The Morgan fingerprint density at radius 3 is 2.57 bits per heavy atom. The molecule has 23 heavy (non-hydrogen) atoms. The number of nitriles is 1. The Balaban J connectivity index is 2.26. The fourth-order valence-corrected chi connectivity index (χ4v) is 3.29. The summed E-state index contributed by atoms with van der Waals surface area (Å²) in [4.78, 5) is 18.6. The van der Waals surface area contributed by atoms with Crippen LogP contribution in [-0.4, -0.2) is 17.8 Å². The number of carbonyl (C=O) groups excluding carboxylic acids is 1. The van der Waals surface area contributed by atoms with Gasteiger partial charge in [0, 0.05) is 17.1 Å². The van der Waals surface area contributed by atoms with E-state index in [1.807, 2.05) is 31.2 Å². The van der Waals surface area contributed by atoms with E-state index in [-0.39, 0.29) is 0 Å². The zero-order valence-electron chi connectivity index (χ0n) is 13.6. The maximum Gasteiger partial charge on any atom is 0.190 e. The van der Waals surface area contributed by atoms with Crippen LogP contribution in [0.3, 0.4) is 0 Å². The molecule has 0 amide bonds. The number of aryl methyl sites for hydroxylation is 1. The zero-order chi connectivity index (χ0) is 16.7. The molecule has 0 unspecified atom stereocenters. The van der Waals surface area contributed by atoms with Gasteiger partial charge < -0.3 is 4.90 Å². The number of aldehydes is 1. The van der Waals surface area contributed by atoms with Gasteiger partial charge in [0.05, 0.1) is 11.6 Å². The molecule has 5 heteroatoms. The van der Waals surface area contributed by atoms with Crippen LogP contribution in [0.15, 0.2) is 24.3 Å². The topological polar surface area (TPSA) is 57.0 Å². The summed E-state index contributed by atoms with van der Waals surface area (Å²) in [7, 11) is 0. The van der Waals surface area contributed by atoms with Crippen molar-refractivity contribution >= 4 is 28.4 Å². The number of unbranched alkanes of at least 4 members (excludes halogenated alkanes) is 3. The average Bonchev–Trinajstić information content (AvgIpc) is 2.95. The molecule has 1 aromatic carbocycles. The van der Waals surface area contributed by atoms with Gasteiger partial charge in [-0.25, -0.2) is 4.98 Å². The van der Waals surface area contributed by atoms with Gasteiger partial charge in [-0.05, 0) is 37.6 Å². The molecule has 0 fully saturated rings. The summed E-state index contributed by atoms with van der Waals surface area (Å²) in [5.74, 6) is 0. The number of hydrogen-bond acceptors (Lipinski definition) is 5. The molecule has 0 saturated carbocycles. The second-order valence-corrected chi connectivity index (χ2v) is 6.61. The van der Waals surface area contributed by atoms with Crippen LogP contribution in [0, 0.1) is 18.3 Å². The first-order valence-electron chi connectivity index (χ1n) is 7.90. The Morgan fingerprint density at radius 2 is 2.00 bits per heavy atom. The van der Waals surface area contributed by atoms with Crippen molar-refractivity contribution in [2.75, 3.05) is 11.4 Å². The lowest BCUT2D eigenvalue weighted by atomic mass is 10.2. The SMILES string of the molecule is CCCCCCN(c1ccc(C#N)cc1)c1nc(C=O)c(C)s1. The Hall–Kier alpha value is -2.19. The van der Waals surface area contributed by atoms with E-state index in [1.165, 1.54) is 30.6 Å². The van der Waals surface area contributed by atoms with Crippen LogP contribution in [-0.2, 0) is 0 Å². The highest BCUT2D eigenvalue weighted by atomic mass is 32.1. The van der Waals surface area contributed by atoms with E-state index in [0.29, 0.717) is 11.3 Å². The molecule has 0 N–H and O–H groups in total. The van der Waals surface area contributed by atoms with Gasteiger partial charge in [-0.3, -0.25) is 4.79 Å². The third kappa shape index (κ3) is 4.40. The van der Waals surface area contributed by atoms with Crippen molar-refractivity contribution in [1.82, 2.24) is 4.98 Å². The summed E-state index contributed by atoms with van der Waals surface area (Å²) >= 11 is 1.53. The Morgan fingerprint density at radius 1 is 1.26 bits per heavy atom. The standard InChI is InChI=1S/C18H21N3OS/c1-3-4-5-6-11-21(16-9-7-15(12-19)8-10-16)18-20-17(13-22)14(2)23-18/h7-10,13H,3-6,11H2,1-2H3. The van der Waals surface area contributed by atoms with Crippen molar-refractivity contribution in [3.8, 4) is 6.07 Å². The van der Waals surface area contributed by atoms with E-state index in [9.17, 15) is 4.79 Å². The van der Waals surface area contributed by atoms with Gasteiger partial charge in [-0.2, -0.15) is 5.26 Å². The number of anilines is 2. The van der Waals surface area contributed by atoms with Crippen LogP contribution in [0.25, 0.3) is 0 Å². The first-order chi connectivity index (χ1) is 11.2. The minimum absolute atomic E-state index is 0.511. The molecular weight excluding hydrogens is 306 g/mol. The maximum absolute atomic E-state index is 11.1. The Labute approximate surface area is 141 Å². The van der Waals surface area contributed by atoms with Crippen molar-refractivity contribution in [1.29, 1.82) is 5.26 Å². The van der Waals surface area contributed by atoms with E-state index in [0.717, 1.165) is 34.9 Å². The second-order valence-electron chi connectivity index (χ2n) is 5.43. The van der Waals surface area contributed by atoms with Gasteiger partial charge in [0.15, 0.2) is 11.4 Å². The monoisotopic (exact) mass is 327 g/mol. The highest BCUT2D eigenvalue weighted by Crippen LogP contribution is 2.31. The number of benzene rings is 1. The minimum Gasteiger partial charge on any atom is -0.318 e. The van der Waals surface area contributed by atoms with E-state index >= 15 is 0 Å². The molecule has 1 aromatic heterocycles. The number of carbonyl (C=O) groups is 1. The summed E-state index contributed by atoms with van der Waals surface area (Å²) in [5, 5.41) is 9.78. The Kier molecular flexibility index (Phi) is 6.30. The maximum atomic E-state index is 11.1. The van der Waals surface area contributed by atoms with Crippen molar-refractivity contribution in [2.45, 2.75) is 39.5 Å². The molecular formula is C18H21N3OS. The van der Waals surface area contributed by atoms with Gasteiger partial charge in [-0.1, -0.05) is 26.2 Å². The third-order valence-electron chi connectivity index (χ3n) is 3.71. The lowest BCUT2D eigenvalue weighted by Crippen LogP contribution is -2.18. The van der Waals surface area contributed by atoms with Crippen LogP contribution in [0.5, 0.6) is 0 Å². The van der Waals surface area contributed by atoms with Crippen molar-refractivity contribution in [3.05, 3.63) is 40.4 Å². The minimum atomic E-state index is 0.511. The summed E-state index contributed by atoms with van der Waals surface area (Å²) in [6.07, 6.45) is 5.47. The largest absolute Gasteiger partial charge is 0.318 e. The smallest absolute Gasteiger partial charge is 0.190 e. The summed E-state index contributed by atoms with van der Waals surface area (Å²) in [6.45, 7) is 4.97. The van der Waals surface area contributed by atoms with Crippen LogP contribution in [0.1, 0.15) is 53.5 Å². The number of thiazole rings is 1. The number of rotatable bonds is 8. The van der Waals surface area contributed by atoms with Crippen LogP contribution in [0.2, 0.25) is 0 Å². The van der Waals surface area contributed by atoms with Crippen LogP contribution >= 0.6 is 11.3 Å². The zero-order valence-corrected chi connectivity index (χ0v) is 14.4. The van der Waals surface area contributed by atoms with Gasteiger partial charge >= 0.3 is 0 Å². The first kappa shape index (κ1) is 17.2. The molecule has 0 aliphatic rings. The Bertz CT molecular complexity index is 685. The van der Waals surface area contributed by atoms with Crippen LogP contribution < -0.4 is 4.90 Å². The molecule has 0 aliphatic heterocycles. The lowest BCUT2D eigenvalue weighted by Gasteiger charge is -2.22. The predicted octanol–water partition coefficient (Wildman–Crippen LogP) is 4.85. The molecule has 2 aromatic rings. The molecule has 0 aliphatic carbocycles. The van der Waals surface area contributed by atoms with Gasteiger partial charge in [-0.15, -0.1) is 11.3 Å². The second kappa shape index (κ2) is 8.44. The van der Waals surface area contributed by atoms with E-state index in [4.69, 9.17) is 5.26 Å². The van der Waals surface area contributed by atoms with Gasteiger partial charge in [0.1, 0.15) is 5.69 Å². The van der Waals surface area contributed by atoms with Crippen molar-refractivity contribution in [3.63, 3.8) is 0 Å². The average molecular weight is 327 g/mol. The normalized spacial score (nSPS) is 10.3. The predicted molar refractivity (Wildman–Crippen MR) is 94.5 cm³/mol. The quantitative estimate of drug-likeness (QED) is 0.513. The van der Waals surface area contributed by atoms with E-state index < -0.39 is 0 Å². The van der Waals surface area contributed by atoms with Crippen molar-refractivity contribution in [2.24, 2.45) is 0 Å². The first-order valence-corrected chi connectivity index (χ1v) is 8.71. The van der Waals surface area contributed by atoms with Crippen molar-refractivity contribution < 1.29 is 4.79 Å². The lowest BCUT2D eigenvalue weighted by molar-refractivity contribution is 0.111. The molecule has 0 atom stereocenters. The van der Waals surface area contributed by atoms with Gasteiger partial charge in [0.2, 0.25) is 0 Å². The highest BCUT2D eigenvalue weighted by Gasteiger charge is 2.15. The molecule has 1 heterocycles. The highest BCUT2D eigenvalue weighted by molar-refractivity contribution is 7.15. The van der Waals surface area contributed by atoms with E-state index in [1.54, 1.807) is 0 Å². The molecule has 0 bridgehead atoms. The molecule has 0 spiro atoms. The summed E-state index contributed by atoms with van der Waals surface area (Å²) in [5.41, 5.74) is 2.16. The van der Waals surface area contributed by atoms with Gasteiger partial charge in [0.25, 0.3) is 0 Å². The number of aromatic nitrogens is 1. The van der Waals surface area contributed by atoms with E-state index in [2.05, 4.69) is 22.9 Å². The fourth-order valence-electron chi connectivity index (χ4n) is 2.37. The molecule has 120 valence electrons. The number of hydrogen-bond donors (Lipinski definition) is 0. The summed E-state index contributed by atoms with van der Waals surface area (Å²) in [6, 6.07) is 9.65. The number of nitrogens with zero attached hydrogens (tertiary/aromatic N) is 3.